The van der Waals surface area contributed by atoms with Gasteiger partial charge in [0.2, 0.25) is 0 Å². The predicted molar refractivity (Wildman–Crippen MR) is 106 cm³/mol. The quantitative estimate of drug-likeness (QED) is 0.557. The second kappa shape index (κ2) is 8.86. The highest BCUT2D eigenvalue weighted by Crippen LogP contribution is 2.22. The Hall–Kier alpha value is -2.33. The monoisotopic (exact) mass is 352 g/mol. The molecule has 0 aliphatic carbocycles. The molecule has 2 aromatic carbocycles. The van der Waals surface area contributed by atoms with Crippen LogP contribution >= 0.6 is 0 Å². The summed E-state index contributed by atoms with van der Waals surface area (Å²) in [7, 11) is 0. The fraction of sp³-hybridized carbons (Fsp3) is 0.409. The van der Waals surface area contributed by atoms with Gasteiger partial charge in [0.25, 0.3) is 0 Å². The van der Waals surface area contributed by atoms with E-state index in [9.17, 15) is 5.11 Å². The van der Waals surface area contributed by atoms with Crippen LogP contribution in [0.2, 0.25) is 0 Å². The number of hydrogen-bond acceptors (Lipinski definition) is 3. The van der Waals surface area contributed by atoms with Gasteiger partial charge < -0.3 is 14.4 Å². The molecule has 0 aliphatic rings. The number of benzene rings is 2. The van der Waals surface area contributed by atoms with Crippen molar-refractivity contribution in [1.82, 2.24) is 9.55 Å². The summed E-state index contributed by atoms with van der Waals surface area (Å²) in [6, 6.07) is 16.5. The topological polar surface area (TPSA) is 47.3 Å². The Morgan fingerprint density at radius 3 is 2.58 bits per heavy atom. The van der Waals surface area contributed by atoms with Gasteiger partial charge in [0.1, 0.15) is 18.2 Å². The Morgan fingerprint density at radius 2 is 1.85 bits per heavy atom. The van der Waals surface area contributed by atoms with Crippen molar-refractivity contribution in [3.8, 4) is 5.75 Å². The molecule has 4 nitrogen and oxygen atoms in total. The van der Waals surface area contributed by atoms with E-state index in [4.69, 9.17) is 4.74 Å². The van der Waals surface area contributed by atoms with Crippen LogP contribution in [0.1, 0.15) is 50.4 Å². The molecule has 0 fully saturated rings. The SMILES string of the molecule is CCC(C)c1ccc(OCCCCn2c(CO)nc3ccccc32)cc1. The first-order chi connectivity index (χ1) is 12.7. The lowest BCUT2D eigenvalue weighted by molar-refractivity contribution is 0.263. The van der Waals surface area contributed by atoms with Crippen molar-refractivity contribution in [2.45, 2.75) is 52.2 Å². The van der Waals surface area contributed by atoms with Crippen molar-refractivity contribution in [1.29, 1.82) is 0 Å². The van der Waals surface area contributed by atoms with Gasteiger partial charge >= 0.3 is 0 Å². The van der Waals surface area contributed by atoms with E-state index in [-0.39, 0.29) is 6.61 Å². The van der Waals surface area contributed by atoms with Crippen molar-refractivity contribution in [3.05, 3.63) is 59.9 Å². The Kier molecular flexibility index (Phi) is 6.29. The molecule has 1 atom stereocenters. The van der Waals surface area contributed by atoms with Gasteiger partial charge in [-0.05, 0) is 55.0 Å². The molecule has 3 aromatic rings. The van der Waals surface area contributed by atoms with Crippen LogP contribution in [0.3, 0.4) is 0 Å². The number of aryl methyl sites for hydroxylation is 1. The second-order valence-corrected chi connectivity index (χ2v) is 6.76. The van der Waals surface area contributed by atoms with E-state index in [0.29, 0.717) is 12.5 Å². The van der Waals surface area contributed by atoms with Gasteiger partial charge in [-0.1, -0.05) is 38.1 Å². The third-order valence-corrected chi connectivity index (χ3v) is 4.98. The van der Waals surface area contributed by atoms with Crippen molar-refractivity contribution < 1.29 is 9.84 Å². The van der Waals surface area contributed by atoms with E-state index in [2.05, 4.69) is 53.7 Å². The van der Waals surface area contributed by atoms with Crippen molar-refractivity contribution in [3.63, 3.8) is 0 Å². The molecule has 0 radical (unpaired) electrons. The van der Waals surface area contributed by atoms with E-state index in [1.807, 2.05) is 18.2 Å². The Morgan fingerprint density at radius 1 is 1.08 bits per heavy atom. The Bertz CT molecular complexity index is 824. The van der Waals surface area contributed by atoms with Gasteiger partial charge in [0, 0.05) is 6.54 Å². The van der Waals surface area contributed by atoms with Gasteiger partial charge in [-0.15, -0.1) is 0 Å². The van der Waals surface area contributed by atoms with E-state index < -0.39 is 0 Å². The standard InChI is InChI=1S/C22H28N2O2/c1-3-17(2)18-10-12-19(13-11-18)26-15-7-6-14-24-21-9-5-4-8-20(21)23-22(24)16-25/h4-5,8-13,17,25H,3,6-7,14-16H2,1-2H3. The minimum absolute atomic E-state index is 0.0340. The number of unbranched alkanes of at least 4 members (excludes halogenated alkanes) is 1. The average molecular weight is 352 g/mol. The number of nitrogens with zero attached hydrogens (tertiary/aromatic N) is 2. The number of aliphatic hydroxyl groups excluding tert-OH is 1. The Balaban J connectivity index is 1.49. The molecule has 1 heterocycles. The number of aromatic nitrogens is 2. The largest absolute Gasteiger partial charge is 0.494 e. The normalized spacial score (nSPS) is 12.4. The van der Waals surface area contributed by atoms with Crippen molar-refractivity contribution in [2.24, 2.45) is 0 Å². The minimum Gasteiger partial charge on any atom is -0.494 e. The van der Waals surface area contributed by atoms with Crippen LogP contribution in [-0.4, -0.2) is 21.3 Å². The molecule has 0 saturated heterocycles. The van der Waals surface area contributed by atoms with E-state index in [1.165, 1.54) is 5.56 Å². The van der Waals surface area contributed by atoms with Gasteiger partial charge in [-0.3, -0.25) is 0 Å². The molecule has 0 saturated carbocycles. The number of ether oxygens (including phenoxy) is 1. The molecule has 1 unspecified atom stereocenters. The molecule has 26 heavy (non-hydrogen) atoms. The summed E-state index contributed by atoms with van der Waals surface area (Å²) in [6.45, 7) is 5.96. The van der Waals surface area contributed by atoms with E-state index in [0.717, 1.165) is 48.4 Å². The third-order valence-electron chi connectivity index (χ3n) is 4.98. The van der Waals surface area contributed by atoms with Crippen LogP contribution in [0.5, 0.6) is 5.75 Å². The lowest BCUT2D eigenvalue weighted by Gasteiger charge is -2.11. The zero-order valence-electron chi connectivity index (χ0n) is 15.7. The highest BCUT2D eigenvalue weighted by atomic mass is 16.5. The molecule has 1 aromatic heterocycles. The number of fused-ring (bicyclic) bond motifs is 1. The lowest BCUT2D eigenvalue weighted by Crippen LogP contribution is -2.06. The van der Waals surface area contributed by atoms with E-state index in [1.54, 1.807) is 0 Å². The highest BCUT2D eigenvalue weighted by Gasteiger charge is 2.09. The molecule has 0 aliphatic heterocycles. The molecular weight excluding hydrogens is 324 g/mol. The van der Waals surface area contributed by atoms with Crippen molar-refractivity contribution in [2.75, 3.05) is 6.61 Å². The lowest BCUT2D eigenvalue weighted by atomic mass is 9.99. The van der Waals surface area contributed by atoms with Crippen LogP contribution in [0.15, 0.2) is 48.5 Å². The second-order valence-electron chi connectivity index (χ2n) is 6.76. The zero-order valence-corrected chi connectivity index (χ0v) is 15.7. The van der Waals surface area contributed by atoms with Crippen LogP contribution in [0.25, 0.3) is 11.0 Å². The maximum atomic E-state index is 9.54. The zero-order chi connectivity index (χ0) is 18.4. The van der Waals surface area contributed by atoms with Gasteiger partial charge in [-0.25, -0.2) is 4.98 Å². The van der Waals surface area contributed by atoms with E-state index >= 15 is 0 Å². The first-order valence-electron chi connectivity index (χ1n) is 9.50. The number of rotatable bonds is 9. The van der Waals surface area contributed by atoms with Gasteiger partial charge in [0.15, 0.2) is 0 Å². The molecule has 4 heteroatoms. The summed E-state index contributed by atoms with van der Waals surface area (Å²) < 4.78 is 7.97. The predicted octanol–water partition coefficient (Wildman–Crippen LogP) is 4.90. The average Bonchev–Trinajstić information content (AvgIpc) is 3.05. The summed E-state index contributed by atoms with van der Waals surface area (Å²) in [4.78, 5) is 4.49. The molecular formula is C22H28N2O2. The smallest absolute Gasteiger partial charge is 0.135 e. The molecule has 0 bridgehead atoms. The molecule has 0 spiro atoms. The summed E-state index contributed by atoms with van der Waals surface area (Å²) in [5.74, 6) is 2.25. The maximum absolute atomic E-state index is 9.54. The minimum atomic E-state index is -0.0340. The molecule has 3 rings (SSSR count). The van der Waals surface area contributed by atoms with Crippen LogP contribution in [-0.2, 0) is 13.2 Å². The van der Waals surface area contributed by atoms with Gasteiger partial charge in [0.05, 0.1) is 17.6 Å². The first kappa shape index (κ1) is 18.5. The van der Waals surface area contributed by atoms with Crippen LogP contribution < -0.4 is 4.74 Å². The number of hydrogen-bond donors (Lipinski definition) is 1. The number of aliphatic hydroxyl groups is 1. The first-order valence-corrected chi connectivity index (χ1v) is 9.50. The fourth-order valence-corrected chi connectivity index (χ4v) is 3.19. The van der Waals surface area contributed by atoms with Gasteiger partial charge in [-0.2, -0.15) is 0 Å². The fourth-order valence-electron chi connectivity index (χ4n) is 3.19. The maximum Gasteiger partial charge on any atom is 0.135 e. The number of para-hydroxylation sites is 2. The Labute approximate surface area is 155 Å². The summed E-state index contributed by atoms with van der Waals surface area (Å²) in [6.07, 6.45) is 3.10. The molecule has 0 amide bonds. The van der Waals surface area contributed by atoms with Crippen LogP contribution in [0.4, 0.5) is 0 Å². The molecule has 1 N–H and O–H groups in total. The summed E-state index contributed by atoms with van der Waals surface area (Å²) in [5.41, 5.74) is 3.38. The third kappa shape index (κ3) is 4.25. The highest BCUT2D eigenvalue weighted by molar-refractivity contribution is 5.75. The summed E-state index contributed by atoms with van der Waals surface area (Å²) >= 11 is 0. The molecule has 138 valence electrons. The van der Waals surface area contributed by atoms with Crippen molar-refractivity contribution >= 4 is 11.0 Å². The van der Waals surface area contributed by atoms with Crippen LogP contribution in [0, 0.1) is 0 Å². The number of imidazole rings is 1. The summed E-state index contributed by atoms with van der Waals surface area (Å²) in [5, 5.41) is 9.54.